The fourth-order valence-electron chi connectivity index (χ4n) is 7.31. The number of hydrogen-bond acceptors (Lipinski definition) is 4. The van der Waals surface area contributed by atoms with Crippen molar-refractivity contribution in [3.8, 4) is 0 Å². The van der Waals surface area contributed by atoms with Gasteiger partial charge in [-0.1, -0.05) is 72.8 Å². The Labute approximate surface area is 186 Å². The van der Waals surface area contributed by atoms with Crippen LogP contribution >= 0.6 is 0 Å². The lowest BCUT2D eigenvalue weighted by molar-refractivity contribution is -0.146. The topological polar surface area (TPSA) is 54.5 Å². The maximum atomic E-state index is 14.0. The first kappa shape index (κ1) is 18.3. The average molecular weight is 421 g/mol. The largest absolute Gasteiger partial charge is 0.353 e. The molecule has 2 aliphatic heterocycles. The van der Waals surface area contributed by atoms with Crippen LogP contribution in [0.2, 0.25) is 0 Å². The first-order valence-corrected chi connectivity index (χ1v) is 11.6. The Hall–Kier alpha value is -3.27. The Morgan fingerprint density at radius 1 is 0.750 bits per heavy atom. The van der Waals surface area contributed by atoms with E-state index in [4.69, 9.17) is 0 Å². The highest BCUT2D eigenvalue weighted by Gasteiger charge is 2.67. The van der Waals surface area contributed by atoms with E-state index < -0.39 is 17.9 Å². The van der Waals surface area contributed by atoms with Gasteiger partial charge >= 0.3 is 0 Å². The number of ketones is 3. The third-order valence-electron chi connectivity index (χ3n) is 8.50. The molecular formula is C28H23NO3. The summed E-state index contributed by atoms with van der Waals surface area (Å²) in [4.78, 5) is 44.0. The molecule has 3 aliphatic carbocycles. The number of Topliss-reactive ketones (excluding diaryl/α,β-unsaturated/α-hetero) is 3. The second-order valence-electron chi connectivity index (χ2n) is 9.85. The number of para-hydroxylation sites is 1. The summed E-state index contributed by atoms with van der Waals surface area (Å²) < 4.78 is 0. The molecule has 0 unspecified atom stereocenters. The summed E-state index contributed by atoms with van der Waals surface area (Å²) in [6.45, 7) is 0. The summed E-state index contributed by atoms with van der Waals surface area (Å²) >= 11 is 0. The van der Waals surface area contributed by atoms with Crippen molar-refractivity contribution in [2.75, 3.05) is 4.90 Å². The average Bonchev–Trinajstić information content (AvgIpc) is 3.54. The van der Waals surface area contributed by atoms with Gasteiger partial charge in [-0.25, -0.2) is 0 Å². The number of benzene rings is 2. The molecule has 2 heterocycles. The lowest BCUT2D eigenvalue weighted by Crippen LogP contribution is -2.52. The molecule has 4 nitrogen and oxygen atoms in total. The van der Waals surface area contributed by atoms with Crippen molar-refractivity contribution in [1.29, 1.82) is 0 Å². The van der Waals surface area contributed by atoms with E-state index in [1.165, 1.54) is 0 Å². The van der Waals surface area contributed by atoms with E-state index in [0.717, 1.165) is 17.7 Å². The van der Waals surface area contributed by atoms with Crippen molar-refractivity contribution in [3.05, 3.63) is 84.0 Å². The number of rotatable bonds is 2. The summed E-state index contributed by atoms with van der Waals surface area (Å²) in [5.41, 5.74) is 2.56. The molecule has 2 aromatic carbocycles. The van der Waals surface area contributed by atoms with Crippen molar-refractivity contribution in [3.63, 3.8) is 0 Å². The second-order valence-corrected chi connectivity index (χ2v) is 9.85. The van der Waals surface area contributed by atoms with Gasteiger partial charge in [0.1, 0.15) is 17.6 Å². The lowest BCUT2D eigenvalue weighted by Gasteiger charge is -2.38. The van der Waals surface area contributed by atoms with Gasteiger partial charge in [0.25, 0.3) is 0 Å². The first-order chi connectivity index (χ1) is 15.6. The molecular weight excluding hydrogens is 398 g/mol. The third-order valence-corrected chi connectivity index (χ3v) is 8.50. The SMILES string of the molecule is O=C1[C@@H]2[C@H](C(=O)[C@H]3[C@@H]1[C@H](C(=O)c1ccccc1)N1c4ccccc4C=C[C@H]31)[C@@H]1C=C[C@H]2C1. The van der Waals surface area contributed by atoms with Crippen LogP contribution in [0.15, 0.2) is 72.8 Å². The molecule has 0 aromatic heterocycles. The predicted molar refractivity (Wildman–Crippen MR) is 121 cm³/mol. The van der Waals surface area contributed by atoms with Gasteiger partial charge < -0.3 is 4.90 Å². The van der Waals surface area contributed by atoms with E-state index >= 15 is 0 Å². The molecule has 2 saturated carbocycles. The summed E-state index contributed by atoms with van der Waals surface area (Å²) in [5.74, 6) is -0.933. The molecule has 1 saturated heterocycles. The second kappa shape index (κ2) is 6.38. The van der Waals surface area contributed by atoms with E-state index in [9.17, 15) is 14.4 Å². The first-order valence-electron chi connectivity index (χ1n) is 11.6. The Bertz CT molecular complexity index is 1230. The Balaban J connectivity index is 1.41. The maximum absolute atomic E-state index is 14.0. The maximum Gasteiger partial charge on any atom is 0.186 e. The van der Waals surface area contributed by atoms with Crippen LogP contribution in [0.5, 0.6) is 0 Å². The highest BCUT2D eigenvalue weighted by molar-refractivity contribution is 6.11. The van der Waals surface area contributed by atoms with Crippen LogP contribution in [0.4, 0.5) is 5.69 Å². The van der Waals surface area contributed by atoms with E-state index in [2.05, 4.69) is 17.1 Å². The molecule has 0 spiro atoms. The molecule has 0 amide bonds. The summed E-state index contributed by atoms with van der Waals surface area (Å²) in [5, 5.41) is 0. The normalized spacial score (nSPS) is 37.8. The number of anilines is 1. The Morgan fingerprint density at radius 3 is 2.16 bits per heavy atom. The fraction of sp³-hybridized carbons (Fsp3) is 0.321. The third kappa shape index (κ3) is 2.20. The van der Waals surface area contributed by atoms with Crippen molar-refractivity contribution in [1.82, 2.24) is 0 Å². The fourth-order valence-corrected chi connectivity index (χ4v) is 7.31. The van der Waals surface area contributed by atoms with Crippen LogP contribution in [-0.2, 0) is 9.59 Å². The molecule has 3 fully saturated rings. The van der Waals surface area contributed by atoms with Crippen molar-refractivity contribution >= 4 is 29.1 Å². The number of hydrogen-bond donors (Lipinski definition) is 0. The monoisotopic (exact) mass is 421 g/mol. The zero-order valence-corrected chi connectivity index (χ0v) is 17.5. The highest BCUT2D eigenvalue weighted by Crippen LogP contribution is 2.58. The number of allylic oxidation sites excluding steroid dienone is 2. The van der Waals surface area contributed by atoms with Gasteiger partial charge in [0.15, 0.2) is 5.78 Å². The summed E-state index contributed by atoms with van der Waals surface area (Å²) in [6, 6.07) is 16.3. The van der Waals surface area contributed by atoms with E-state index in [1.54, 1.807) is 0 Å². The zero-order chi connectivity index (χ0) is 21.6. The van der Waals surface area contributed by atoms with E-state index in [1.807, 2.05) is 66.7 Å². The van der Waals surface area contributed by atoms with Crippen LogP contribution in [0.25, 0.3) is 6.08 Å². The van der Waals surface area contributed by atoms with Gasteiger partial charge in [-0.05, 0) is 29.9 Å². The molecule has 8 atom stereocenters. The lowest BCUT2D eigenvalue weighted by atomic mass is 9.61. The van der Waals surface area contributed by atoms with Gasteiger partial charge in [0.05, 0.1) is 17.9 Å². The van der Waals surface area contributed by atoms with Crippen molar-refractivity contribution in [2.24, 2.45) is 35.5 Å². The minimum absolute atomic E-state index is 0.0634. The molecule has 4 heteroatoms. The van der Waals surface area contributed by atoms with Gasteiger partial charge in [-0.15, -0.1) is 0 Å². The van der Waals surface area contributed by atoms with Gasteiger partial charge in [-0.3, -0.25) is 14.4 Å². The standard InChI is InChI=1S/C28H23NO3/c30-26(16-7-2-1-3-8-16)25-24-23(20-13-12-15-6-4-5-9-19(15)29(20)25)27(31)21-17-10-11-18(14-17)22(21)28(24)32/h1-13,17-18,20-25H,14H2/t17-,18+,20-,21-,22+,23-,24-,25-/m1/s1. The number of carbonyl (C=O) groups is 3. The highest BCUT2D eigenvalue weighted by atomic mass is 16.2. The zero-order valence-electron chi connectivity index (χ0n) is 17.5. The van der Waals surface area contributed by atoms with Crippen molar-refractivity contribution < 1.29 is 14.4 Å². The molecule has 158 valence electrons. The molecule has 5 aliphatic rings. The van der Waals surface area contributed by atoms with E-state index in [-0.39, 0.29) is 47.1 Å². The minimum atomic E-state index is -0.654. The number of nitrogens with zero attached hydrogens (tertiary/aromatic N) is 1. The smallest absolute Gasteiger partial charge is 0.186 e. The summed E-state index contributed by atoms with van der Waals surface area (Å²) in [7, 11) is 0. The summed E-state index contributed by atoms with van der Waals surface area (Å²) in [6.07, 6.45) is 9.27. The van der Waals surface area contributed by atoms with Crippen LogP contribution in [0, 0.1) is 35.5 Å². The van der Waals surface area contributed by atoms with Crippen LogP contribution in [-0.4, -0.2) is 29.4 Å². The van der Waals surface area contributed by atoms with Crippen LogP contribution in [0.3, 0.4) is 0 Å². The molecule has 2 bridgehead atoms. The van der Waals surface area contributed by atoms with Crippen LogP contribution in [0.1, 0.15) is 22.3 Å². The Kier molecular flexibility index (Phi) is 3.65. The van der Waals surface area contributed by atoms with Gasteiger partial charge in [0.2, 0.25) is 0 Å². The predicted octanol–water partition coefficient (Wildman–Crippen LogP) is 3.98. The van der Waals surface area contributed by atoms with Crippen molar-refractivity contribution in [2.45, 2.75) is 18.5 Å². The quantitative estimate of drug-likeness (QED) is 0.544. The van der Waals surface area contributed by atoms with Gasteiger partial charge in [0, 0.05) is 23.1 Å². The molecule has 0 N–H and O–H groups in total. The molecule has 2 aromatic rings. The number of fused-ring (bicyclic) bond motifs is 10. The Morgan fingerprint density at radius 2 is 1.41 bits per heavy atom. The molecule has 32 heavy (non-hydrogen) atoms. The number of carbonyl (C=O) groups excluding carboxylic acids is 3. The van der Waals surface area contributed by atoms with Crippen LogP contribution < -0.4 is 4.90 Å². The van der Waals surface area contributed by atoms with Gasteiger partial charge in [-0.2, -0.15) is 0 Å². The molecule has 0 radical (unpaired) electrons. The molecule has 7 rings (SSSR count). The minimum Gasteiger partial charge on any atom is -0.353 e. The van der Waals surface area contributed by atoms with E-state index in [0.29, 0.717) is 5.56 Å².